The molecule has 1 saturated heterocycles. The fourth-order valence-corrected chi connectivity index (χ4v) is 6.30. The molecule has 0 atom stereocenters. The van der Waals surface area contributed by atoms with E-state index in [4.69, 9.17) is 0 Å². The van der Waals surface area contributed by atoms with Crippen LogP contribution in [0.5, 0.6) is 5.75 Å². The zero-order valence-corrected chi connectivity index (χ0v) is 18.8. The monoisotopic (exact) mass is 482 g/mol. The summed E-state index contributed by atoms with van der Waals surface area (Å²) in [5.41, 5.74) is -0.521. The van der Waals surface area contributed by atoms with Gasteiger partial charge >= 0.3 is 6.36 Å². The Labute approximate surface area is 188 Å². The Morgan fingerprint density at radius 2 is 1.76 bits per heavy atom. The molecule has 4 rings (SSSR count). The number of fused-ring (bicyclic) bond motifs is 1. The van der Waals surface area contributed by atoms with E-state index < -0.39 is 38.8 Å². The number of halogens is 3. The van der Waals surface area contributed by atoms with Crippen molar-refractivity contribution in [2.24, 2.45) is 0 Å². The lowest BCUT2D eigenvalue weighted by molar-refractivity contribution is -0.274. The average molecular weight is 482 g/mol. The third-order valence-corrected chi connectivity index (χ3v) is 7.87. The first-order valence-electron chi connectivity index (χ1n) is 9.98. The molecule has 0 aliphatic carbocycles. The topological polar surface area (TPSA) is 92.8 Å². The van der Waals surface area contributed by atoms with Crippen LogP contribution in [0.3, 0.4) is 0 Å². The first kappa shape index (κ1) is 23.1. The number of alkyl halides is 3. The number of carbonyl (C=O) groups is 2. The molecule has 0 bridgehead atoms. The Morgan fingerprint density at radius 1 is 1.09 bits per heavy atom. The molecule has 0 spiro atoms. The highest BCUT2D eigenvalue weighted by Crippen LogP contribution is 2.46. The lowest BCUT2D eigenvalue weighted by atomic mass is 9.85. The minimum absolute atomic E-state index is 0.148. The standard InChI is InChI=1S/C22H21F3N2O5S/c1-20(2)16-9-13(18(28)26-21(3)11-33(30,31)12-21)7-8-17(16)27(19(20)29)14-5-4-6-15(10-14)32-22(23,24)25/h4-10H,11-12H2,1-3H3,(H,26,28). The first-order chi connectivity index (χ1) is 15.1. The summed E-state index contributed by atoms with van der Waals surface area (Å²) >= 11 is 0. The van der Waals surface area contributed by atoms with E-state index in [9.17, 15) is 31.2 Å². The molecule has 2 heterocycles. The second-order valence-electron chi connectivity index (χ2n) is 9.09. The van der Waals surface area contributed by atoms with Gasteiger partial charge in [0.25, 0.3) is 5.91 Å². The van der Waals surface area contributed by atoms with Crippen LogP contribution in [0, 0.1) is 0 Å². The molecule has 2 aliphatic rings. The van der Waals surface area contributed by atoms with Gasteiger partial charge in [0.15, 0.2) is 9.84 Å². The van der Waals surface area contributed by atoms with Gasteiger partial charge in [0, 0.05) is 11.6 Å². The molecule has 0 unspecified atom stereocenters. The van der Waals surface area contributed by atoms with Crippen LogP contribution in [-0.4, -0.2) is 43.6 Å². The fraction of sp³-hybridized carbons (Fsp3) is 0.364. The van der Waals surface area contributed by atoms with Crippen LogP contribution in [0.25, 0.3) is 0 Å². The van der Waals surface area contributed by atoms with Crippen molar-refractivity contribution in [1.29, 1.82) is 0 Å². The van der Waals surface area contributed by atoms with Crippen molar-refractivity contribution in [2.75, 3.05) is 16.4 Å². The highest BCUT2D eigenvalue weighted by molar-refractivity contribution is 7.93. The predicted molar refractivity (Wildman–Crippen MR) is 114 cm³/mol. The molecule has 7 nitrogen and oxygen atoms in total. The van der Waals surface area contributed by atoms with E-state index in [1.165, 1.54) is 23.1 Å². The summed E-state index contributed by atoms with van der Waals surface area (Å²) in [6.07, 6.45) is -4.87. The highest BCUT2D eigenvalue weighted by Gasteiger charge is 2.47. The van der Waals surface area contributed by atoms with Crippen molar-refractivity contribution < 1.29 is 35.9 Å². The third-order valence-electron chi connectivity index (χ3n) is 5.71. The fourth-order valence-electron chi connectivity index (χ4n) is 4.30. The van der Waals surface area contributed by atoms with E-state index in [1.807, 2.05) is 0 Å². The van der Waals surface area contributed by atoms with Gasteiger partial charge in [-0.3, -0.25) is 14.5 Å². The molecule has 0 aromatic heterocycles. The first-order valence-corrected chi connectivity index (χ1v) is 11.8. The minimum Gasteiger partial charge on any atom is -0.406 e. The Kier molecular flexibility index (Phi) is 5.04. The SMILES string of the molecule is CC1(NC(=O)c2ccc3c(c2)C(C)(C)C(=O)N3c2cccc(OC(F)(F)F)c2)CS(=O)(=O)C1. The second-order valence-corrected chi connectivity index (χ2v) is 11.2. The Morgan fingerprint density at radius 3 is 2.36 bits per heavy atom. The molecule has 2 aromatic carbocycles. The quantitative estimate of drug-likeness (QED) is 0.721. The molecule has 0 radical (unpaired) electrons. The van der Waals surface area contributed by atoms with E-state index in [0.29, 0.717) is 11.3 Å². The summed E-state index contributed by atoms with van der Waals surface area (Å²) in [6, 6.07) is 9.69. The van der Waals surface area contributed by atoms with Gasteiger partial charge in [-0.15, -0.1) is 13.2 Å². The molecule has 2 amide bonds. The molecule has 33 heavy (non-hydrogen) atoms. The molecule has 1 fully saturated rings. The van der Waals surface area contributed by atoms with Crippen LogP contribution in [0.2, 0.25) is 0 Å². The summed E-state index contributed by atoms with van der Waals surface area (Å²) in [4.78, 5) is 27.3. The normalized spacial score (nSPS) is 20.1. The molecule has 0 saturated carbocycles. The maximum Gasteiger partial charge on any atom is 0.573 e. The number of hydrogen-bond donors (Lipinski definition) is 1. The van der Waals surface area contributed by atoms with Gasteiger partial charge in [0.05, 0.1) is 33.8 Å². The summed E-state index contributed by atoms with van der Waals surface area (Å²) < 4.78 is 64.8. The van der Waals surface area contributed by atoms with Crippen molar-refractivity contribution in [3.8, 4) is 5.75 Å². The number of carbonyl (C=O) groups excluding carboxylic acids is 2. The smallest absolute Gasteiger partial charge is 0.406 e. The van der Waals surface area contributed by atoms with Gasteiger partial charge in [-0.2, -0.15) is 0 Å². The van der Waals surface area contributed by atoms with Gasteiger partial charge in [0.2, 0.25) is 5.91 Å². The summed E-state index contributed by atoms with van der Waals surface area (Å²) in [6.45, 7) is 4.96. The zero-order chi connectivity index (χ0) is 24.4. The Hall–Kier alpha value is -3.08. The molecular formula is C22H21F3N2O5S. The van der Waals surface area contributed by atoms with Crippen LogP contribution in [0.1, 0.15) is 36.7 Å². The number of nitrogens with zero attached hydrogens (tertiary/aromatic N) is 1. The summed E-state index contributed by atoms with van der Waals surface area (Å²) in [5.74, 6) is -1.61. The van der Waals surface area contributed by atoms with Crippen molar-refractivity contribution in [3.63, 3.8) is 0 Å². The van der Waals surface area contributed by atoms with E-state index in [-0.39, 0.29) is 28.7 Å². The number of anilines is 2. The van der Waals surface area contributed by atoms with Crippen molar-refractivity contribution in [2.45, 2.75) is 38.1 Å². The molecule has 2 aliphatic heterocycles. The molecule has 2 aromatic rings. The van der Waals surface area contributed by atoms with Gasteiger partial charge < -0.3 is 10.1 Å². The number of nitrogens with one attached hydrogen (secondary N) is 1. The van der Waals surface area contributed by atoms with E-state index in [1.54, 1.807) is 32.9 Å². The molecule has 11 heteroatoms. The highest BCUT2D eigenvalue weighted by atomic mass is 32.2. The Balaban J connectivity index is 1.66. The number of hydrogen-bond acceptors (Lipinski definition) is 5. The van der Waals surface area contributed by atoms with Gasteiger partial charge in [-0.05, 0) is 56.7 Å². The molecule has 1 N–H and O–H groups in total. The van der Waals surface area contributed by atoms with E-state index in [2.05, 4.69) is 10.1 Å². The van der Waals surface area contributed by atoms with Crippen molar-refractivity contribution in [1.82, 2.24) is 5.32 Å². The predicted octanol–water partition coefficient (Wildman–Crippen LogP) is 3.46. The third kappa shape index (κ3) is 4.29. The van der Waals surface area contributed by atoms with Crippen LogP contribution in [-0.2, 0) is 20.0 Å². The van der Waals surface area contributed by atoms with Gasteiger partial charge in [-0.1, -0.05) is 6.07 Å². The van der Waals surface area contributed by atoms with Gasteiger partial charge in [0.1, 0.15) is 5.75 Å². The Bertz CT molecular complexity index is 1260. The number of amides is 2. The number of sulfone groups is 1. The maximum atomic E-state index is 13.2. The van der Waals surface area contributed by atoms with Crippen LogP contribution in [0.15, 0.2) is 42.5 Å². The summed E-state index contributed by atoms with van der Waals surface area (Å²) in [5, 5.41) is 2.73. The van der Waals surface area contributed by atoms with E-state index in [0.717, 1.165) is 12.1 Å². The van der Waals surface area contributed by atoms with Crippen LogP contribution >= 0.6 is 0 Å². The van der Waals surface area contributed by atoms with Crippen molar-refractivity contribution >= 4 is 33.0 Å². The number of rotatable bonds is 4. The lowest BCUT2D eigenvalue weighted by Gasteiger charge is -2.38. The van der Waals surface area contributed by atoms with Crippen LogP contribution < -0.4 is 15.0 Å². The largest absolute Gasteiger partial charge is 0.573 e. The van der Waals surface area contributed by atoms with E-state index >= 15 is 0 Å². The van der Waals surface area contributed by atoms with Gasteiger partial charge in [-0.25, -0.2) is 8.42 Å². The number of ether oxygens (including phenoxy) is 1. The average Bonchev–Trinajstić information content (AvgIpc) is 2.84. The second kappa shape index (κ2) is 7.21. The van der Waals surface area contributed by atoms with Crippen LogP contribution in [0.4, 0.5) is 24.5 Å². The molecular weight excluding hydrogens is 461 g/mol. The zero-order valence-electron chi connectivity index (χ0n) is 18.0. The van der Waals surface area contributed by atoms with Crippen molar-refractivity contribution in [3.05, 3.63) is 53.6 Å². The lowest BCUT2D eigenvalue weighted by Crippen LogP contribution is -2.63. The number of benzene rings is 2. The summed E-state index contributed by atoms with van der Waals surface area (Å²) in [7, 11) is -3.15. The molecule has 176 valence electrons. The minimum atomic E-state index is -4.87. The maximum absolute atomic E-state index is 13.2.